The Morgan fingerprint density at radius 2 is 2.09 bits per heavy atom. The summed E-state index contributed by atoms with van der Waals surface area (Å²) < 4.78 is 17.0. The molecule has 1 fully saturated rings. The van der Waals surface area contributed by atoms with E-state index in [-0.39, 0.29) is 10.7 Å². The minimum absolute atomic E-state index is 0.158. The van der Waals surface area contributed by atoms with Crippen LogP contribution in [0.3, 0.4) is 0 Å². The number of nitrogens with zero attached hydrogens (tertiary/aromatic N) is 2. The summed E-state index contributed by atoms with van der Waals surface area (Å²) in [5.41, 5.74) is 1.15. The molecular weight excluding hydrogens is 300 g/mol. The first-order valence-corrected chi connectivity index (χ1v) is 8.98. The molecule has 0 saturated carbocycles. The highest BCUT2D eigenvalue weighted by Gasteiger charge is 2.39. The second-order valence-electron chi connectivity index (χ2n) is 5.66. The van der Waals surface area contributed by atoms with E-state index >= 15 is 0 Å². The predicted molar refractivity (Wildman–Crippen MR) is 88.8 cm³/mol. The third kappa shape index (κ3) is 3.02. The molecule has 0 radical (unpaired) electrons. The van der Waals surface area contributed by atoms with E-state index in [2.05, 4.69) is 23.7 Å². The Hall–Kier alpha value is -1.43. The number of anilines is 1. The van der Waals surface area contributed by atoms with Crippen molar-refractivity contribution in [2.24, 2.45) is 0 Å². The number of esters is 1. The quantitative estimate of drug-likeness (QED) is 0.795. The van der Waals surface area contributed by atoms with Crippen LogP contribution in [0.25, 0.3) is 0 Å². The third-order valence-electron chi connectivity index (χ3n) is 4.60. The van der Waals surface area contributed by atoms with Crippen LogP contribution < -0.4 is 4.90 Å². The fraction of sp³-hybridized carbons (Fsp3) is 0.625. The number of rotatable bonds is 4. The number of methoxy groups -OCH3 is 1. The van der Waals surface area contributed by atoms with E-state index in [9.17, 15) is 9.00 Å². The van der Waals surface area contributed by atoms with Crippen molar-refractivity contribution in [3.05, 3.63) is 23.4 Å². The van der Waals surface area contributed by atoms with Gasteiger partial charge in [-0.2, -0.15) is 0 Å². The lowest BCUT2D eigenvalue weighted by atomic mass is 10.0. The molecule has 1 aromatic rings. The van der Waals surface area contributed by atoms with Gasteiger partial charge in [-0.1, -0.05) is 13.8 Å². The number of hydrogen-bond donors (Lipinski definition) is 0. The minimum atomic E-state index is -0.793. The molecule has 1 saturated heterocycles. The lowest BCUT2D eigenvalue weighted by Crippen LogP contribution is -2.53. The Morgan fingerprint density at radius 3 is 2.64 bits per heavy atom. The molecule has 0 aromatic carbocycles. The van der Waals surface area contributed by atoms with E-state index < -0.39 is 10.8 Å². The summed E-state index contributed by atoms with van der Waals surface area (Å²) in [6, 6.07) is 3.61. The highest BCUT2D eigenvalue weighted by atomic mass is 32.2. The topological polar surface area (TPSA) is 59.5 Å². The summed E-state index contributed by atoms with van der Waals surface area (Å²) >= 11 is 0. The summed E-state index contributed by atoms with van der Waals surface area (Å²) in [5, 5.41) is 0. The molecule has 0 N–H and O–H groups in total. The first-order chi connectivity index (χ1) is 10.5. The molecule has 1 aromatic heterocycles. The summed E-state index contributed by atoms with van der Waals surface area (Å²) in [7, 11) is 0.574. The molecule has 6 heteroatoms. The monoisotopic (exact) mass is 324 g/mol. The van der Waals surface area contributed by atoms with Gasteiger partial charge in [0.05, 0.1) is 23.1 Å². The highest BCUT2D eigenvalue weighted by Crippen LogP contribution is 2.31. The Labute approximate surface area is 134 Å². The van der Waals surface area contributed by atoms with Gasteiger partial charge in [-0.3, -0.25) is 4.21 Å². The standard InChI is InChI=1S/C16H24N2O3S/c1-5-16(6-2)11-18(9-10-22(16)20)14-8-7-13(12(3)17-14)15(19)21-4/h7-8H,5-6,9-11H2,1-4H3. The van der Waals surface area contributed by atoms with Crippen molar-refractivity contribution in [2.75, 3.05) is 30.9 Å². The zero-order chi connectivity index (χ0) is 16.3. The van der Waals surface area contributed by atoms with Gasteiger partial charge in [-0.25, -0.2) is 9.78 Å². The van der Waals surface area contributed by atoms with Gasteiger partial charge in [-0.05, 0) is 31.9 Å². The van der Waals surface area contributed by atoms with E-state index in [4.69, 9.17) is 4.74 Å². The molecule has 1 atom stereocenters. The van der Waals surface area contributed by atoms with Gasteiger partial charge in [0, 0.05) is 29.6 Å². The first-order valence-electron chi connectivity index (χ1n) is 7.66. The van der Waals surface area contributed by atoms with E-state index in [1.807, 2.05) is 13.0 Å². The van der Waals surface area contributed by atoms with Gasteiger partial charge >= 0.3 is 5.97 Å². The molecule has 2 heterocycles. The maximum atomic E-state index is 12.4. The van der Waals surface area contributed by atoms with Crippen molar-refractivity contribution in [3.8, 4) is 0 Å². The molecule has 0 spiro atoms. The Bertz CT molecular complexity index is 585. The van der Waals surface area contributed by atoms with Crippen LogP contribution in [-0.4, -0.2) is 45.9 Å². The maximum Gasteiger partial charge on any atom is 0.339 e. The van der Waals surface area contributed by atoms with Crippen LogP contribution in [-0.2, 0) is 15.5 Å². The number of pyridine rings is 1. The van der Waals surface area contributed by atoms with Crippen LogP contribution in [0.1, 0.15) is 42.7 Å². The normalized spacial score (nSPS) is 20.7. The second-order valence-corrected chi connectivity index (χ2v) is 7.62. The molecule has 2 rings (SSSR count). The Kier molecular flexibility index (Phi) is 5.21. The van der Waals surface area contributed by atoms with Crippen LogP contribution in [0.4, 0.5) is 5.82 Å². The molecule has 122 valence electrons. The van der Waals surface area contributed by atoms with Crippen LogP contribution in [0, 0.1) is 6.92 Å². The number of carbonyl (C=O) groups is 1. The van der Waals surface area contributed by atoms with Gasteiger partial charge in [-0.15, -0.1) is 0 Å². The van der Waals surface area contributed by atoms with Gasteiger partial charge < -0.3 is 9.64 Å². The lowest BCUT2D eigenvalue weighted by molar-refractivity contribution is 0.0599. The van der Waals surface area contributed by atoms with Crippen LogP contribution in [0.15, 0.2) is 12.1 Å². The lowest BCUT2D eigenvalue weighted by Gasteiger charge is -2.41. The molecule has 0 bridgehead atoms. The first kappa shape index (κ1) is 16.9. The van der Waals surface area contributed by atoms with Crippen molar-refractivity contribution < 1.29 is 13.7 Å². The average Bonchev–Trinajstić information content (AvgIpc) is 2.54. The van der Waals surface area contributed by atoms with Crippen LogP contribution in [0.5, 0.6) is 0 Å². The second kappa shape index (κ2) is 6.77. The number of ether oxygens (including phenoxy) is 1. The van der Waals surface area contributed by atoms with E-state index in [1.165, 1.54) is 7.11 Å². The number of aryl methyl sites for hydroxylation is 1. The highest BCUT2D eigenvalue weighted by molar-refractivity contribution is 7.86. The predicted octanol–water partition coefficient (Wildman–Crippen LogP) is 2.30. The zero-order valence-electron chi connectivity index (χ0n) is 13.7. The molecule has 0 amide bonds. The van der Waals surface area contributed by atoms with Gasteiger partial charge in [0.15, 0.2) is 0 Å². The van der Waals surface area contributed by atoms with E-state index in [0.717, 1.165) is 31.7 Å². The van der Waals surface area contributed by atoms with Crippen molar-refractivity contribution in [2.45, 2.75) is 38.4 Å². The van der Waals surface area contributed by atoms with Crippen molar-refractivity contribution in [3.63, 3.8) is 0 Å². The van der Waals surface area contributed by atoms with E-state index in [1.54, 1.807) is 6.07 Å². The molecule has 5 nitrogen and oxygen atoms in total. The zero-order valence-corrected chi connectivity index (χ0v) is 14.5. The molecule has 22 heavy (non-hydrogen) atoms. The minimum Gasteiger partial charge on any atom is -0.465 e. The van der Waals surface area contributed by atoms with Crippen LogP contribution in [0.2, 0.25) is 0 Å². The molecule has 1 unspecified atom stereocenters. The summed E-state index contributed by atoms with van der Waals surface area (Å²) in [6.07, 6.45) is 1.79. The fourth-order valence-electron chi connectivity index (χ4n) is 2.95. The maximum absolute atomic E-state index is 12.4. The van der Waals surface area contributed by atoms with Gasteiger partial charge in [0.25, 0.3) is 0 Å². The average molecular weight is 324 g/mol. The molecule has 1 aliphatic rings. The summed E-state index contributed by atoms with van der Waals surface area (Å²) in [4.78, 5) is 18.4. The van der Waals surface area contributed by atoms with Crippen LogP contribution >= 0.6 is 0 Å². The number of carbonyl (C=O) groups excluding carboxylic acids is 1. The third-order valence-corrected chi connectivity index (χ3v) is 6.82. The number of aromatic nitrogens is 1. The largest absolute Gasteiger partial charge is 0.465 e. The van der Waals surface area contributed by atoms with Crippen molar-refractivity contribution in [1.82, 2.24) is 4.98 Å². The SMILES string of the molecule is CCC1(CC)CN(c2ccc(C(=O)OC)c(C)n2)CCS1=O. The van der Waals surface area contributed by atoms with E-state index in [0.29, 0.717) is 17.0 Å². The Morgan fingerprint density at radius 1 is 1.41 bits per heavy atom. The van der Waals surface area contributed by atoms with Gasteiger partial charge in [0.1, 0.15) is 5.82 Å². The van der Waals surface area contributed by atoms with Gasteiger partial charge in [0.2, 0.25) is 0 Å². The summed E-state index contributed by atoms with van der Waals surface area (Å²) in [5.74, 6) is 1.14. The fourth-order valence-corrected chi connectivity index (χ4v) is 4.71. The summed E-state index contributed by atoms with van der Waals surface area (Å²) in [6.45, 7) is 7.49. The number of hydrogen-bond acceptors (Lipinski definition) is 5. The van der Waals surface area contributed by atoms with Crippen molar-refractivity contribution >= 4 is 22.6 Å². The van der Waals surface area contributed by atoms with Crippen molar-refractivity contribution in [1.29, 1.82) is 0 Å². The Balaban J connectivity index is 2.27. The molecule has 0 aliphatic carbocycles. The molecule has 1 aliphatic heterocycles. The molecular formula is C16H24N2O3S. The smallest absolute Gasteiger partial charge is 0.339 e.